The summed E-state index contributed by atoms with van der Waals surface area (Å²) in [5, 5.41) is 12.0. The number of carbonyl (C=O) groups excluding carboxylic acids is 1. The van der Waals surface area contributed by atoms with Gasteiger partial charge in [0.2, 0.25) is 0 Å². The zero-order valence-electron chi connectivity index (χ0n) is 9.77. The number of phenolic OH excluding ortho intramolecular Hbond substituents is 1. The van der Waals surface area contributed by atoms with Crippen molar-refractivity contribution in [2.75, 3.05) is 5.32 Å². The number of benzene rings is 2. The van der Waals surface area contributed by atoms with Gasteiger partial charge in [-0.25, -0.2) is 4.39 Å². The van der Waals surface area contributed by atoms with Gasteiger partial charge in [-0.1, -0.05) is 24.3 Å². The topological polar surface area (TPSA) is 49.3 Å². The van der Waals surface area contributed by atoms with E-state index in [0.717, 1.165) is 0 Å². The fourth-order valence-corrected chi connectivity index (χ4v) is 1.64. The van der Waals surface area contributed by atoms with Gasteiger partial charge in [0.15, 0.2) is 0 Å². The first-order valence-electron chi connectivity index (χ1n) is 5.44. The number of aromatic hydroxyl groups is 1. The molecule has 0 unspecified atom stereocenters. The Labute approximate surface area is 104 Å². The Morgan fingerprint density at radius 2 is 1.89 bits per heavy atom. The van der Waals surface area contributed by atoms with Crippen molar-refractivity contribution in [3.8, 4) is 5.75 Å². The Bertz CT molecular complexity index is 576. The van der Waals surface area contributed by atoms with Crippen molar-refractivity contribution >= 4 is 11.6 Å². The lowest BCUT2D eigenvalue weighted by atomic mass is 10.1. The molecular weight excluding hydrogens is 233 g/mol. The van der Waals surface area contributed by atoms with Crippen LogP contribution < -0.4 is 5.32 Å². The lowest BCUT2D eigenvalue weighted by molar-refractivity contribution is 0.102. The predicted molar refractivity (Wildman–Crippen MR) is 67.2 cm³/mol. The molecule has 4 heteroatoms. The molecule has 2 aromatic rings. The number of carbonyl (C=O) groups is 1. The van der Waals surface area contributed by atoms with Crippen molar-refractivity contribution in [2.24, 2.45) is 0 Å². The highest BCUT2D eigenvalue weighted by atomic mass is 19.1. The Morgan fingerprint density at radius 3 is 2.56 bits per heavy atom. The second-order valence-corrected chi connectivity index (χ2v) is 3.90. The maximum Gasteiger partial charge on any atom is 0.259 e. The van der Waals surface area contributed by atoms with E-state index in [1.165, 1.54) is 18.2 Å². The molecule has 1 amide bonds. The minimum atomic E-state index is -0.540. The van der Waals surface area contributed by atoms with E-state index in [1.54, 1.807) is 31.2 Å². The smallest absolute Gasteiger partial charge is 0.259 e. The Hall–Kier alpha value is -2.36. The number of nitrogens with one attached hydrogen (secondary N) is 1. The largest absolute Gasteiger partial charge is 0.507 e. The van der Waals surface area contributed by atoms with E-state index < -0.39 is 11.7 Å². The molecule has 2 aromatic carbocycles. The summed E-state index contributed by atoms with van der Waals surface area (Å²) in [6.45, 7) is 1.70. The van der Waals surface area contributed by atoms with Crippen molar-refractivity contribution < 1.29 is 14.3 Å². The first-order valence-corrected chi connectivity index (χ1v) is 5.44. The normalized spacial score (nSPS) is 10.1. The van der Waals surface area contributed by atoms with Gasteiger partial charge in [0.05, 0.1) is 11.3 Å². The number of amides is 1. The zero-order valence-corrected chi connectivity index (χ0v) is 9.77. The highest BCUT2D eigenvalue weighted by Gasteiger charge is 2.13. The molecule has 0 bridgehead atoms. The van der Waals surface area contributed by atoms with Crippen LogP contribution >= 0.6 is 0 Å². The highest BCUT2D eigenvalue weighted by molar-refractivity contribution is 6.06. The summed E-state index contributed by atoms with van der Waals surface area (Å²) >= 11 is 0. The first-order chi connectivity index (χ1) is 8.59. The third-order valence-electron chi connectivity index (χ3n) is 2.61. The molecule has 0 aromatic heterocycles. The summed E-state index contributed by atoms with van der Waals surface area (Å²) in [5.41, 5.74) is 0.865. The lowest BCUT2D eigenvalue weighted by Gasteiger charge is -2.10. The van der Waals surface area contributed by atoms with E-state index in [0.29, 0.717) is 5.56 Å². The molecule has 0 saturated heterocycles. The van der Waals surface area contributed by atoms with Crippen LogP contribution in [0.15, 0.2) is 42.5 Å². The zero-order chi connectivity index (χ0) is 13.1. The van der Waals surface area contributed by atoms with Crippen molar-refractivity contribution in [3.63, 3.8) is 0 Å². The van der Waals surface area contributed by atoms with Gasteiger partial charge in [0.1, 0.15) is 11.6 Å². The van der Waals surface area contributed by atoms with E-state index in [-0.39, 0.29) is 17.0 Å². The van der Waals surface area contributed by atoms with Crippen molar-refractivity contribution in [2.45, 2.75) is 6.92 Å². The minimum Gasteiger partial charge on any atom is -0.507 e. The number of rotatable bonds is 2. The van der Waals surface area contributed by atoms with E-state index >= 15 is 0 Å². The van der Waals surface area contributed by atoms with Crippen LogP contribution in [0.2, 0.25) is 0 Å². The van der Waals surface area contributed by atoms with Gasteiger partial charge in [0, 0.05) is 0 Å². The summed E-state index contributed by atoms with van der Waals surface area (Å²) in [6.07, 6.45) is 0. The molecular formula is C14H12FNO2. The Morgan fingerprint density at radius 1 is 1.17 bits per heavy atom. The average molecular weight is 245 g/mol. The number of hydrogen-bond donors (Lipinski definition) is 2. The number of para-hydroxylation sites is 2. The van der Waals surface area contributed by atoms with Gasteiger partial charge in [-0.2, -0.15) is 0 Å². The van der Waals surface area contributed by atoms with Gasteiger partial charge in [-0.3, -0.25) is 4.79 Å². The van der Waals surface area contributed by atoms with Crippen LogP contribution in [0.1, 0.15) is 15.9 Å². The molecule has 2 N–H and O–H groups in total. The standard InChI is InChI=1S/C14H12FNO2/c1-9-5-4-7-11(15)13(9)16-14(18)10-6-2-3-8-12(10)17/h2-8,17H,1H3,(H,16,18). The third kappa shape index (κ3) is 2.32. The first kappa shape index (κ1) is 12.1. The Balaban J connectivity index is 2.30. The maximum absolute atomic E-state index is 13.5. The van der Waals surface area contributed by atoms with Crippen molar-refractivity contribution in [1.82, 2.24) is 0 Å². The molecule has 18 heavy (non-hydrogen) atoms. The molecule has 92 valence electrons. The highest BCUT2D eigenvalue weighted by Crippen LogP contribution is 2.22. The summed E-state index contributed by atoms with van der Waals surface area (Å²) < 4.78 is 13.5. The molecule has 0 saturated carbocycles. The Kier molecular flexibility index (Phi) is 3.28. The molecule has 0 aliphatic carbocycles. The van der Waals surface area contributed by atoms with Gasteiger partial charge >= 0.3 is 0 Å². The number of anilines is 1. The molecule has 0 radical (unpaired) electrons. The van der Waals surface area contributed by atoms with Crippen LogP contribution in [0, 0.1) is 12.7 Å². The number of aryl methyl sites for hydroxylation is 1. The molecule has 0 aliphatic heterocycles. The summed E-state index contributed by atoms with van der Waals surface area (Å²) in [5.74, 6) is -1.18. The van der Waals surface area contributed by atoms with E-state index in [4.69, 9.17) is 0 Å². The summed E-state index contributed by atoms with van der Waals surface area (Å²) in [6, 6.07) is 10.7. The van der Waals surface area contributed by atoms with Gasteiger partial charge < -0.3 is 10.4 Å². The van der Waals surface area contributed by atoms with E-state index in [1.807, 2.05) is 0 Å². The number of phenols is 1. The van der Waals surface area contributed by atoms with Crippen molar-refractivity contribution in [1.29, 1.82) is 0 Å². The van der Waals surface area contributed by atoms with E-state index in [9.17, 15) is 14.3 Å². The van der Waals surface area contributed by atoms with Crippen LogP contribution in [-0.2, 0) is 0 Å². The summed E-state index contributed by atoms with van der Waals surface area (Å²) in [7, 11) is 0. The maximum atomic E-state index is 13.5. The van der Waals surface area contributed by atoms with E-state index in [2.05, 4.69) is 5.32 Å². The van der Waals surface area contributed by atoms with Crippen LogP contribution in [0.3, 0.4) is 0 Å². The van der Waals surface area contributed by atoms with Gasteiger partial charge in [-0.15, -0.1) is 0 Å². The van der Waals surface area contributed by atoms with Crippen molar-refractivity contribution in [3.05, 3.63) is 59.4 Å². The molecule has 0 spiro atoms. The fourth-order valence-electron chi connectivity index (χ4n) is 1.64. The molecule has 0 atom stereocenters. The second kappa shape index (κ2) is 4.87. The second-order valence-electron chi connectivity index (χ2n) is 3.90. The monoisotopic (exact) mass is 245 g/mol. The molecule has 0 aliphatic rings. The van der Waals surface area contributed by atoms with Gasteiger partial charge in [0.25, 0.3) is 5.91 Å². The average Bonchev–Trinajstić information content (AvgIpc) is 2.34. The quantitative estimate of drug-likeness (QED) is 0.854. The third-order valence-corrected chi connectivity index (χ3v) is 2.61. The number of hydrogen-bond acceptors (Lipinski definition) is 2. The van der Waals surface area contributed by atoms with Crippen LogP contribution in [0.5, 0.6) is 5.75 Å². The van der Waals surface area contributed by atoms with Crippen LogP contribution in [-0.4, -0.2) is 11.0 Å². The molecule has 2 rings (SSSR count). The van der Waals surface area contributed by atoms with Crippen LogP contribution in [0.25, 0.3) is 0 Å². The predicted octanol–water partition coefficient (Wildman–Crippen LogP) is 3.09. The SMILES string of the molecule is Cc1cccc(F)c1NC(=O)c1ccccc1O. The minimum absolute atomic E-state index is 0.111. The molecule has 3 nitrogen and oxygen atoms in total. The molecule has 0 heterocycles. The fraction of sp³-hybridized carbons (Fsp3) is 0.0714. The summed E-state index contributed by atoms with van der Waals surface area (Å²) in [4.78, 5) is 11.9. The van der Waals surface area contributed by atoms with Gasteiger partial charge in [-0.05, 0) is 30.7 Å². The lowest BCUT2D eigenvalue weighted by Crippen LogP contribution is -2.14. The van der Waals surface area contributed by atoms with Crippen LogP contribution in [0.4, 0.5) is 10.1 Å². The molecule has 0 fully saturated rings. The number of halogens is 1.